The number of aromatic nitrogens is 9. The van der Waals surface area contributed by atoms with Gasteiger partial charge in [0.2, 0.25) is 11.9 Å². The minimum Gasteiger partial charge on any atom is -0.309 e. The second-order valence-electron chi connectivity index (χ2n) is 12.6. The third-order valence-electron chi connectivity index (χ3n) is 9.83. The van der Waals surface area contributed by atoms with Gasteiger partial charge in [-0.1, -0.05) is 72.8 Å². The Morgan fingerprint density at radius 2 is 0.885 bits per heavy atom. The first kappa shape index (κ1) is 28.9. The number of pyridine rings is 4. The lowest BCUT2D eigenvalue weighted by Crippen LogP contribution is -2.23. The van der Waals surface area contributed by atoms with E-state index in [1.807, 2.05) is 130 Å². The highest BCUT2D eigenvalue weighted by Gasteiger charge is 2.42. The normalized spacial score (nSPS) is 15.1. The van der Waals surface area contributed by atoms with Crippen molar-refractivity contribution >= 4 is 67.2 Å². The average Bonchev–Trinajstić information content (AvgIpc) is 3.83. The second kappa shape index (κ2) is 10.8. The molecule has 52 heavy (non-hydrogen) atoms. The van der Waals surface area contributed by atoms with Gasteiger partial charge in [0.1, 0.15) is 22.6 Å². The second-order valence-corrected chi connectivity index (χ2v) is 15.3. The van der Waals surface area contributed by atoms with Crippen LogP contribution in [-0.2, 0) is 4.57 Å². The standard InChI is InChI=1S/C41H24N9OP/c51-52(25-11-2-1-3-12-25)33-20-5-4-13-26(33)27-14-6-15-32(34(27)52)35-46-40(49-36-28(16-7-21-42-36)29-17-8-22-43-37(29)49)48-41(47-35)50-38-30(18-9-23-44-38)31-19-10-24-45-39(31)50/h1-24H. The topological polar surface area (TPSA) is 117 Å². The maximum atomic E-state index is 15.9. The Balaban J connectivity index is 1.28. The summed E-state index contributed by atoms with van der Waals surface area (Å²) in [5.74, 6) is 0.966. The van der Waals surface area contributed by atoms with E-state index in [2.05, 4.69) is 0 Å². The van der Waals surface area contributed by atoms with Crippen molar-refractivity contribution < 1.29 is 4.57 Å². The summed E-state index contributed by atoms with van der Waals surface area (Å²) >= 11 is 0. The van der Waals surface area contributed by atoms with Gasteiger partial charge in [0.05, 0.1) is 0 Å². The van der Waals surface area contributed by atoms with Gasteiger partial charge in [0.25, 0.3) is 0 Å². The fraction of sp³-hybridized carbons (Fsp3) is 0. The van der Waals surface area contributed by atoms with Crippen LogP contribution in [0.1, 0.15) is 0 Å². The van der Waals surface area contributed by atoms with Crippen molar-refractivity contribution in [1.29, 1.82) is 0 Å². The molecule has 0 spiro atoms. The van der Waals surface area contributed by atoms with Crippen LogP contribution in [0.25, 0.3) is 78.5 Å². The average molecular weight is 690 g/mol. The molecule has 8 heterocycles. The van der Waals surface area contributed by atoms with Crippen molar-refractivity contribution in [2.45, 2.75) is 0 Å². The van der Waals surface area contributed by atoms with E-state index in [9.17, 15) is 0 Å². The quantitative estimate of drug-likeness (QED) is 0.183. The molecule has 1 atom stereocenters. The summed E-state index contributed by atoms with van der Waals surface area (Å²) in [5.41, 5.74) is 5.08. The number of fused-ring (bicyclic) bond motifs is 9. The van der Waals surface area contributed by atoms with Crippen molar-refractivity contribution in [2.75, 3.05) is 0 Å². The highest BCUT2D eigenvalue weighted by atomic mass is 31.2. The van der Waals surface area contributed by atoms with Crippen LogP contribution in [-0.4, -0.2) is 44.0 Å². The first-order valence-electron chi connectivity index (χ1n) is 16.8. The molecule has 11 rings (SSSR count). The zero-order chi connectivity index (χ0) is 34.4. The molecule has 1 unspecified atom stereocenters. The van der Waals surface area contributed by atoms with E-state index in [4.69, 9.17) is 34.9 Å². The predicted molar refractivity (Wildman–Crippen MR) is 204 cm³/mol. The van der Waals surface area contributed by atoms with Crippen LogP contribution in [0.15, 0.2) is 146 Å². The third kappa shape index (κ3) is 3.89. The van der Waals surface area contributed by atoms with Crippen molar-refractivity contribution in [3.63, 3.8) is 0 Å². The summed E-state index contributed by atoms with van der Waals surface area (Å²) in [6.45, 7) is 0. The van der Waals surface area contributed by atoms with Crippen LogP contribution in [0.4, 0.5) is 0 Å². The molecule has 3 aromatic carbocycles. The number of hydrogen-bond donors (Lipinski definition) is 0. The summed E-state index contributed by atoms with van der Waals surface area (Å²) in [5, 5.41) is 5.90. The fourth-order valence-electron chi connectivity index (χ4n) is 7.68. The Morgan fingerprint density at radius 1 is 0.423 bits per heavy atom. The molecule has 1 aliphatic heterocycles. The predicted octanol–water partition coefficient (Wildman–Crippen LogP) is 6.93. The van der Waals surface area contributed by atoms with Crippen LogP contribution >= 0.6 is 7.14 Å². The lowest BCUT2D eigenvalue weighted by Gasteiger charge is -2.19. The van der Waals surface area contributed by atoms with E-state index in [-0.39, 0.29) is 0 Å². The van der Waals surface area contributed by atoms with Crippen LogP contribution in [0.2, 0.25) is 0 Å². The summed E-state index contributed by atoms with van der Waals surface area (Å²) in [6.07, 6.45) is 7.00. The molecular formula is C41H24N9OP. The smallest absolute Gasteiger partial charge is 0.242 e. The van der Waals surface area contributed by atoms with Gasteiger partial charge in [-0.25, -0.2) is 29.1 Å². The number of hydrogen-bond acceptors (Lipinski definition) is 8. The van der Waals surface area contributed by atoms with Crippen molar-refractivity contribution in [3.8, 4) is 34.4 Å². The van der Waals surface area contributed by atoms with Gasteiger partial charge in [-0.2, -0.15) is 15.0 Å². The minimum atomic E-state index is -3.38. The van der Waals surface area contributed by atoms with Gasteiger partial charge < -0.3 is 4.57 Å². The Morgan fingerprint density at radius 3 is 1.42 bits per heavy atom. The molecule has 0 amide bonds. The fourth-order valence-corrected chi connectivity index (χ4v) is 10.9. The van der Waals surface area contributed by atoms with Crippen LogP contribution < -0.4 is 15.9 Å². The van der Waals surface area contributed by atoms with Crippen LogP contribution in [0.5, 0.6) is 0 Å². The van der Waals surface area contributed by atoms with Gasteiger partial charge in [0.15, 0.2) is 13.0 Å². The molecule has 10 nitrogen and oxygen atoms in total. The number of benzene rings is 3. The summed E-state index contributed by atoms with van der Waals surface area (Å²) in [6, 6.07) is 39.3. The molecule has 0 radical (unpaired) electrons. The summed E-state index contributed by atoms with van der Waals surface area (Å²) < 4.78 is 19.6. The Bertz CT molecular complexity index is 2900. The van der Waals surface area contributed by atoms with E-state index >= 15 is 4.57 Å². The van der Waals surface area contributed by atoms with Gasteiger partial charge in [-0.05, 0) is 59.7 Å². The Kier molecular flexibility index (Phi) is 6.00. The largest absolute Gasteiger partial charge is 0.309 e. The molecule has 0 saturated carbocycles. The Hall–Kier alpha value is -6.90. The first-order chi connectivity index (χ1) is 25.7. The molecule has 0 fully saturated rings. The minimum absolute atomic E-state index is 0.307. The van der Waals surface area contributed by atoms with Gasteiger partial charge >= 0.3 is 0 Å². The SMILES string of the molecule is O=P1(c2ccccc2)c2ccccc2-c2cccc(-c3nc(-n4c5ncccc5c5cccnc54)nc(-n4c5ncccc5c5cccnc54)n3)c21. The lowest BCUT2D eigenvalue weighted by molar-refractivity contribution is 0.593. The molecule has 1 aliphatic rings. The molecule has 10 aromatic rings. The van der Waals surface area contributed by atoms with Crippen LogP contribution in [0, 0.1) is 0 Å². The highest BCUT2D eigenvalue weighted by Crippen LogP contribution is 2.54. The molecule has 11 heteroatoms. The molecule has 0 N–H and O–H groups in total. The molecular weight excluding hydrogens is 665 g/mol. The van der Waals surface area contributed by atoms with Crippen molar-refractivity contribution in [1.82, 2.24) is 44.0 Å². The van der Waals surface area contributed by atoms with E-state index in [0.29, 0.717) is 51.2 Å². The number of rotatable bonds is 4. The van der Waals surface area contributed by atoms with E-state index in [0.717, 1.165) is 43.3 Å². The Labute approximate surface area is 295 Å². The monoisotopic (exact) mass is 689 g/mol. The lowest BCUT2D eigenvalue weighted by atomic mass is 10.0. The summed E-state index contributed by atoms with van der Waals surface area (Å²) in [7, 11) is -3.38. The van der Waals surface area contributed by atoms with E-state index < -0.39 is 7.14 Å². The molecule has 0 aliphatic carbocycles. The van der Waals surface area contributed by atoms with E-state index in [1.165, 1.54) is 0 Å². The number of nitrogens with zero attached hydrogens (tertiary/aromatic N) is 9. The molecule has 0 saturated heterocycles. The van der Waals surface area contributed by atoms with Gasteiger partial charge in [0, 0.05) is 67.8 Å². The van der Waals surface area contributed by atoms with Gasteiger partial charge in [-0.15, -0.1) is 0 Å². The first-order valence-corrected chi connectivity index (χ1v) is 18.5. The maximum absolute atomic E-state index is 15.9. The zero-order valence-electron chi connectivity index (χ0n) is 27.2. The zero-order valence-corrected chi connectivity index (χ0v) is 28.1. The van der Waals surface area contributed by atoms with Crippen molar-refractivity contribution in [2.24, 2.45) is 0 Å². The summed E-state index contributed by atoms with van der Waals surface area (Å²) in [4.78, 5) is 34.7. The van der Waals surface area contributed by atoms with Gasteiger partial charge in [-0.3, -0.25) is 0 Å². The maximum Gasteiger partial charge on any atom is 0.242 e. The molecule has 7 aromatic heterocycles. The molecule has 244 valence electrons. The third-order valence-corrected chi connectivity index (χ3v) is 13.0. The molecule has 0 bridgehead atoms. The van der Waals surface area contributed by atoms with Crippen LogP contribution in [0.3, 0.4) is 0 Å². The van der Waals surface area contributed by atoms with Crippen molar-refractivity contribution in [3.05, 3.63) is 146 Å². The highest BCUT2D eigenvalue weighted by molar-refractivity contribution is 7.86. The van der Waals surface area contributed by atoms with E-state index in [1.54, 1.807) is 24.8 Å².